The normalized spacial score (nSPS) is 12.6. The molecule has 3 rings (SSSR count). The Kier molecular flexibility index (Phi) is 5.46. The Balaban J connectivity index is 2.41. The number of imidazole rings is 1. The summed E-state index contributed by atoms with van der Waals surface area (Å²) in [6.07, 6.45) is 6.01. The minimum absolute atomic E-state index is 0.0157. The molecule has 3 nitrogen and oxygen atoms in total. The third-order valence-electron chi connectivity index (χ3n) is 5.44. The van der Waals surface area contributed by atoms with Crippen molar-refractivity contribution in [2.45, 2.75) is 79.1 Å². The summed E-state index contributed by atoms with van der Waals surface area (Å²) < 4.78 is 2.30. The van der Waals surface area contributed by atoms with E-state index in [9.17, 15) is 0 Å². The standard InChI is InChI=1S/C26H35N3/c1-17(2)19-13-14-27-15-20(19)24-28-18(3)16-29(24)23-21(25(4,5)6)11-10-12-22(23)26(7,8)9/h10-17H,1-9H3. The molecule has 0 aliphatic rings. The van der Waals surface area contributed by atoms with E-state index in [1.54, 1.807) is 0 Å². The summed E-state index contributed by atoms with van der Waals surface area (Å²) in [6, 6.07) is 8.83. The zero-order valence-corrected chi connectivity index (χ0v) is 19.5. The van der Waals surface area contributed by atoms with Crippen molar-refractivity contribution in [3.05, 3.63) is 65.2 Å². The summed E-state index contributed by atoms with van der Waals surface area (Å²) >= 11 is 0. The fourth-order valence-corrected chi connectivity index (χ4v) is 3.97. The lowest BCUT2D eigenvalue weighted by Gasteiger charge is -2.31. The van der Waals surface area contributed by atoms with Crippen LogP contribution in [0.3, 0.4) is 0 Å². The van der Waals surface area contributed by atoms with Gasteiger partial charge in [0.15, 0.2) is 0 Å². The Morgan fingerprint density at radius 1 is 0.897 bits per heavy atom. The van der Waals surface area contributed by atoms with Gasteiger partial charge in [-0.05, 0) is 46.4 Å². The molecule has 1 aromatic carbocycles. The summed E-state index contributed by atoms with van der Waals surface area (Å²) in [5, 5.41) is 0. The minimum atomic E-state index is 0.0157. The number of aromatic nitrogens is 3. The second kappa shape index (κ2) is 7.44. The van der Waals surface area contributed by atoms with Crippen LogP contribution < -0.4 is 0 Å². The lowest BCUT2D eigenvalue weighted by molar-refractivity contribution is 0.562. The summed E-state index contributed by atoms with van der Waals surface area (Å²) in [5.41, 5.74) is 7.35. The summed E-state index contributed by atoms with van der Waals surface area (Å²) in [7, 11) is 0. The highest BCUT2D eigenvalue weighted by atomic mass is 15.1. The van der Waals surface area contributed by atoms with E-state index in [1.165, 1.54) is 22.4 Å². The molecule has 3 aromatic rings. The Morgan fingerprint density at radius 3 is 2.00 bits per heavy atom. The molecule has 0 atom stereocenters. The van der Waals surface area contributed by atoms with Crippen LogP contribution in [0.15, 0.2) is 42.9 Å². The van der Waals surface area contributed by atoms with Gasteiger partial charge in [0.05, 0.1) is 11.4 Å². The molecule has 154 valence electrons. The van der Waals surface area contributed by atoms with Crippen LogP contribution in [0.4, 0.5) is 0 Å². The largest absolute Gasteiger partial charge is 0.299 e. The molecule has 0 N–H and O–H groups in total. The third-order valence-corrected chi connectivity index (χ3v) is 5.44. The Morgan fingerprint density at radius 2 is 1.48 bits per heavy atom. The van der Waals surface area contributed by atoms with Crippen molar-refractivity contribution in [1.29, 1.82) is 0 Å². The van der Waals surface area contributed by atoms with E-state index in [2.05, 4.69) is 102 Å². The quantitative estimate of drug-likeness (QED) is 0.484. The minimum Gasteiger partial charge on any atom is -0.299 e. The first-order valence-electron chi connectivity index (χ1n) is 10.6. The molecule has 0 aliphatic carbocycles. The van der Waals surface area contributed by atoms with Crippen molar-refractivity contribution >= 4 is 0 Å². The Labute approximate surface area is 176 Å². The number of para-hydroxylation sites is 1. The van der Waals surface area contributed by atoms with E-state index >= 15 is 0 Å². The fraction of sp³-hybridized carbons (Fsp3) is 0.462. The van der Waals surface area contributed by atoms with Crippen LogP contribution in [0.5, 0.6) is 0 Å². The van der Waals surface area contributed by atoms with E-state index in [4.69, 9.17) is 4.98 Å². The number of hydrogen-bond donors (Lipinski definition) is 0. The van der Waals surface area contributed by atoms with E-state index < -0.39 is 0 Å². The van der Waals surface area contributed by atoms with Gasteiger partial charge in [-0.3, -0.25) is 9.55 Å². The molecular weight excluding hydrogens is 354 g/mol. The number of nitrogens with zero attached hydrogens (tertiary/aromatic N) is 3. The third kappa shape index (κ3) is 4.14. The molecule has 0 spiro atoms. The molecule has 0 bridgehead atoms. The Hall–Kier alpha value is -2.42. The lowest BCUT2D eigenvalue weighted by atomic mass is 9.78. The van der Waals surface area contributed by atoms with Gasteiger partial charge in [0.1, 0.15) is 5.82 Å². The van der Waals surface area contributed by atoms with Crippen molar-refractivity contribution in [3.63, 3.8) is 0 Å². The van der Waals surface area contributed by atoms with Gasteiger partial charge < -0.3 is 0 Å². The highest BCUT2D eigenvalue weighted by Crippen LogP contribution is 2.39. The van der Waals surface area contributed by atoms with Crippen LogP contribution in [0.25, 0.3) is 17.1 Å². The second-order valence-corrected chi connectivity index (χ2v) is 10.4. The molecule has 0 saturated carbocycles. The lowest BCUT2D eigenvalue weighted by Crippen LogP contribution is -2.22. The van der Waals surface area contributed by atoms with Gasteiger partial charge in [0, 0.05) is 24.2 Å². The first-order valence-corrected chi connectivity index (χ1v) is 10.6. The maximum Gasteiger partial charge on any atom is 0.146 e. The monoisotopic (exact) mass is 389 g/mol. The predicted octanol–water partition coefficient (Wildman–Crippen LogP) is 6.96. The molecule has 0 amide bonds. The van der Waals surface area contributed by atoms with Crippen LogP contribution in [-0.4, -0.2) is 14.5 Å². The molecular formula is C26H35N3. The SMILES string of the molecule is Cc1cn(-c2c(C(C)(C)C)cccc2C(C)(C)C)c(-c2cnccc2C(C)C)n1. The molecule has 2 heterocycles. The zero-order valence-electron chi connectivity index (χ0n) is 19.5. The number of rotatable bonds is 3. The smallest absolute Gasteiger partial charge is 0.146 e. The molecule has 29 heavy (non-hydrogen) atoms. The van der Waals surface area contributed by atoms with E-state index in [0.29, 0.717) is 5.92 Å². The van der Waals surface area contributed by atoms with Crippen molar-refractivity contribution in [3.8, 4) is 17.1 Å². The van der Waals surface area contributed by atoms with Gasteiger partial charge in [-0.15, -0.1) is 0 Å². The number of pyridine rings is 1. The first-order chi connectivity index (χ1) is 13.4. The molecule has 0 unspecified atom stereocenters. The maximum atomic E-state index is 4.97. The molecule has 2 aromatic heterocycles. The van der Waals surface area contributed by atoms with Gasteiger partial charge in [-0.25, -0.2) is 4.98 Å². The second-order valence-electron chi connectivity index (χ2n) is 10.4. The maximum absolute atomic E-state index is 4.97. The Bertz CT molecular complexity index is 979. The summed E-state index contributed by atoms with van der Waals surface area (Å²) in [5.74, 6) is 1.37. The highest BCUT2D eigenvalue weighted by Gasteiger charge is 2.28. The molecule has 3 heteroatoms. The van der Waals surface area contributed by atoms with Gasteiger partial charge in [-0.2, -0.15) is 0 Å². The van der Waals surface area contributed by atoms with Crippen LogP contribution in [-0.2, 0) is 10.8 Å². The number of aryl methyl sites for hydroxylation is 1. The van der Waals surface area contributed by atoms with Gasteiger partial charge in [0.2, 0.25) is 0 Å². The summed E-state index contributed by atoms with van der Waals surface area (Å²) in [4.78, 5) is 9.41. The molecule has 0 radical (unpaired) electrons. The highest BCUT2D eigenvalue weighted by molar-refractivity contribution is 5.66. The molecule has 0 fully saturated rings. The van der Waals surface area contributed by atoms with Crippen molar-refractivity contribution in [2.75, 3.05) is 0 Å². The fourth-order valence-electron chi connectivity index (χ4n) is 3.97. The van der Waals surface area contributed by atoms with Crippen LogP contribution in [0, 0.1) is 6.92 Å². The molecule has 0 saturated heterocycles. The number of hydrogen-bond acceptors (Lipinski definition) is 2. The van der Waals surface area contributed by atoms with Crippen LogP contribution in [0.2, 0.25) is 0 Å². The van der Waals surface area contributed by atoms with E-state index in [-0.39, 0.29) is 10.8 Å². The van der Waals surface area contributed by atoms with Crippen LogP contribution >= 0.6 is 0 Å². The average Bonchev–Trinajstić information content (AvgIpc) is 3.01. The van der Waals surface area contributed by atoms with Crippen molar-refractivity contribution in [1.82, 2.24) is 14.5 Å². The van der Waals surface area contributed by atoms with Gasteiger partial charge >= 0.3 is 0 Å². The zero-order chi connectivity index (χ0) is 21.6. The molecule has 0 aliphatic heterocycles. The number of benzene rings is 1. The average molecular weight is 390 g/mol. The predicted molar refractivity (Wildman–Crippen MR) is 123 cm³/mol. The van der Waals surface area contributed by atoms with Crippen molar-refractivity contribution in [2.24, 2.45) is 0 Å². The van der Waals surface area contributed by atoms with Crippen molar-refractivity contribution < 1.29 is 0 Å². The van der Waals surface area contributed by atoms with Gasteiger partial charge in [0.25, 0.3) is 0 Å². The van der Waals surface area contributed by atoms with Gasteiger partial charge in [-0.1, -0.05) is 73.6 Å². The first kappa shape index (κ1) is 21.3. The van der Waals surface area contributed by atoms with E-state index in [0.717, 1.165) is 17.1 Å². The summed E-state index contributed by atoms with van der Waals surface area (Å²) in [6.45, 7) is 20.2. The topological polar surface area (TPSA) is 30.7 Å². The van der Waals surface area contributed by atoms with Crippen LogP contribution in [0.1, 0.15) is 83.7 Å². The van der Waals surface area contributed by atoms with E-state index in [1.807, 2.05) is 12.4 Å².